The van der Waals surface area contributed by atoms with E-state index in [0.29, 0.717) is 0 Å². The van der Waals surface area contributed by atoms with E-state index in [1.54, 1.807) is 6.33 Å². The van der Waals surface area contributed by atoms with E-state index in [1.165, 1.54) is 82.6 Å². The van der Waals surface area contributed by atoms with Gasteiger partial charge in [-0.3, -0.25) is 0 Å². The summed E-state index contributed by atoms with van der Waals surface area (Å²) in [5.74, 6) is 1.76. The van der Waals surface area contributed by atoms with Crippen LogP contribution in [0.5, 0.6) is 5.75 Å². The third-order valence-corrected chi connectivity index (χ3v) is 6.53. The Bertz CT molecular complexity index is 731. The SMILES string of the molecule is CCCCCCCCCCCc1cncnc1-c1ccccc1OCCCCC(C)CC. The van der Waals surface area contributed by atoms with E-state index in [9.17, 15) is 0 Å². The van der Waals surface area contributed by atoms with Crippen molar-refractivity contribution in [2.24, 2.45) is 5.92 Å². The number of aryl methyl sites for hydroxylation is 1. The minimum absolute atomic E-state index is 0.770. The second kappa shape index (κ2) is 16.7. The number of ether oxygens (including phenoxy) is 1. The summed E-state index contributed by atoms with van der Waals surface area (Å²) in [5.41, 5.74) is 3.38. The summed E-state index contributed by atoms with van der Waals surface area (Å²) in [4.78, 5) is 8.97. The normalized spacial score (nSPS) is 12.1. The van der Waals surface area contributed by atoms with Gasteiger partial charge in [0.25, 0.3) is 0 Å². The predicted octanol–water partition coefficient (Wildman–Crippen LogP) is 8.81. The number of hydrogen-bond donors (Lipinski definition) is 0. The molecule has 0 aliphatic rings. The molecule has 0 aliphatic carbocycles. The minimum Gasteiger partial charge on any atom is -0.493 e. The second-order valence-corrected chi connectivity index (χ2v) is 9.33. The minimum atomic E-state index is 0.770. The molecule has 178 valence electrons. The van der Waals surface area contributed by atoms with E-state index in [4.69, 9.17) is 4.74 Å². The summed E-state index contributed by atoms with van der Waals surface area (Å²) >= 11 is 0. The van der Waals surface area contributed by atoms with Gasteiger partial charge in [0, 0.05) is 11.8 Å². The Kier molecular flexibility index (Phi) is 13.7. The largest absolute Gasteiger partial charge is 0.493 e. The lowest BCUT2D eigenvalue weighted by atomic mass is 10.0. The Morgan fingerprint density at radius 3 is 2.31 bits per heavy atom. The average Bonchev–Trinajstić information content (AvgIpc) is 2.83. The van der Waals surface area contributed by atoms with Crippen LogP contribution in [-0.2, 0) is 6.42 Å². The van der Waals surface area contributed by atoms with Crippen molar-refractivity contribution in [3.8, 4) is 17.0 Å². The third kappa shape index (κ3) is 10.1. The van der Waals surface area contributed by atoms with Gasteiger partial charge in [-0.15, -0.1) is 0 Å². The quantitative estimate of drug-likeness (QED) is 0.218. The Hall–Kier alpha value is -1.90. The summed E-state index contributed by atoms with van der Waals surface area (Å²) < 4.78 is 6.20. The molecule has 0 saturated heterocycles. The van der Waals surface area contributed by atoms with Gasteiger partial charge in [-0.1, -0.05) is 97.1 Å². The fraction of sp³-hybridized carbons (Fsp3) is 0.655. The first-order valence-electron chi connectivity index (χ1n) is 13.3. The van der Waals surface area contributed by atoms with Crippen LogP contribution in [0.4, 0.5) is 0 Å². The van der Waals surface area contributed by atoms with Crippen molar-refractivity contribution >= 4 is 0 Å². The van der Waals surface area contributed by atoms with E-state index in [2.05, 4.69) is 55.0 Å². The summed E-state index contributed by atoms with van der Waals surface area (Å²) in [5, 5.41) is 0. The zero-order chi connectivity index (χ0) is 22.9. The molecule has 0 amide bonds. The summed E-state index contributed by atoms with van der Waals surface area (Å²) in [6, 6.07) is 8.35. The monoisotopic (exact) mass is 438 g/mol. The summed E-state index contributed by atoms with van der Waals surface area (Å²) in [6.07, 6.45) is 21.7. The number of aromatic nitrogens is 2. The van der Waals surface area contributed by atoms with E-state index in [0.717, 1.165) is 42.4 Å². The van der Waals surface area contributed by atoms with Crippen molar-refractivity contribution in [3.05, 3.63) is 42.4 Å². The van der Waals surface area contributed by atoms with Crippen LogP contribution in [0.25, 0.3) is 11.3 Å². The molecule has 0 fully saturated rings. The van der Waals surface area contributed by atoms with Crippen LogP contribution < -0.4 is 4.74 Å². The van der Waals surface area contributed by atoms with Gasteiger partial charge in [0.05, 0.1) is 12.3 Å². The van der Waals surface area contributed by atoms with E-state index in [-0.39, 0.29) is 0 Å². The molecule has 0 N–H and O–H groups in total. The Morgan fingerprint density at radius 1 is 0.844 bits per heavy atom. The number of nitrogens with zero attached hydrogens (tertiary/aromatic N) is 2. The number of benzene rings is 1. The maximum absolute atomic E-state index is 6.20. The lowest BCUT2D eigenvalue weighted by Crippen LogP contribution is -2.02. The van der Waals surface area contributed by atoms with Gasteiger partial charge in [0.15, 0.2) is 0 Å². The average molecular weight is 439 g/mol. The maximum Gasteiger partial charge on any atom is 0.128 e. The van der Waals surface area contributed by atoms with Crippen molar-refractivity contribution in [3.63, 3.8) is 0 Å². The summed E-state index contributed by atoms with van der Waals surface area (Å²) in [7, 11) is 0. The molecule has 1 aromatic carbocycles. The molecule has 1 aromatic heterocycles. The van der Waals surface area contributed by atoms with Gasteiger partial charge in [-0.25, -0.2) is 9.97 Å². The molecular formula is C29H46N2O. The predicted molar refractivity (Wildman–Crippen MR) is 137 cm³/mol. The van der Waals surface area contributed by atoms with E-state index in [1.807, 2.05) is 6.20 Å². The molecule has 2 rings (SSSR count). The second-order valence-electron chi connectivity index (χ2n) is 9.33. The highest BCUT2D eigenvalue weighted by molar-refractivity contribution is 5.69. The summed E-state index contributed by atoms with van der Waals surface area (Å²) in [6.45, 7) is 7.65. The number of rotatable bonds is 18. The highest BCUT2D eigenvalue weighted by Gasteiger charge is 2.12. The Morgan fingerprint density at radius 2 is 1.56 bits per heavy atom. The first-order valence-corrected chi connectivity index (χ1v) is 13.3. The highest BCUT2D eigenvalue weighted by Crippen LogP contribution is 2.31. The zero-order valence-corrected chi connectivity index (χ0v) is 21.0. The number of hydrogen-bond acceptors (Lipinski definition) is 3. The van der Waals surface area contributed by atoms with Gasteiger partial charge >= 0.3 is 0 Å². The topological polar surface area (TPSA) is 35.0 Å². The maximum atomic E-state index is 6.20. The van der Waals surface area contributed by atoms with Crippen LogP contribution in [0.2, 0.25) is 0 Å². The van der Waals surface area contributed by atoms with Crippen molar-refractivity contribution in [1.82, 2.24) is 9.97 Å². The van der Waals surface area contributed by atoms with Crippen LogP contribution in [0, 0.1) is 5.92 Å². The molecule has 32 heavy (non-hydrogen) atoms. The molecule has 0 saturated carbocycles. The zero-order valence-electron chi connectivity index (χ0n) is 21.0. The molecule has 0 aliphatic heterocycles. The molecule has 3 heteroatoms. The lowest BCUT2D eigenvalue weighted by Gasteiger charge is -2.14. The molecule has 0 bridgehead atoms. The molecule has 2 aromatic rings. The van der Waals surface area contributed by atoms with Crippen molar-refractivity contribution < 1.29 is 4.74 Å². The van der Waals surface area contributed by atoms with Crippen molar-refractivity contribution in [1.29, 1.82) is 0 Å². The Balaban J connectivity index is 1.83. The molecule has 0 radical (unpaired) electrons. The fourth-order valence-corrected chi connectivity index (χ4v) is 4.18. The van der Waals surface area contributed by atoms with E-state index < -0.39 is 0 Å². The molecular weight excluding hydrogens is 392 g/mol. The van der Waals surface area contributed by atoms with Crippen LogP contribution in [0.1, 0.15) is 110 Å². The number of unbranched alkanes of at least 4 members (excludes halogenated alkanes) is 9. The molecule has 3 nitrogen and oxygen atoms in total. The third-order valence-electron chi connectivity index (χ3n) is 6.53. The highest BCUT2D eigenvalue weighted by atomic mass is 16.5. The molecule has 0 spiro atoms. The first kappa shape index (κ1) is 26.4. The smallest absolute Gasteiger partial charge is 0.128 e. The lowest BCUT2D eigenvalue weighted by molar-refractivity contribution is 0.301. The first-order chi connectivity index (χ1) is 15.8. The Labute approximate surface area is 197 Å². The van der Waals surface area contributed by atoms with Gasteiger partial charge in [0.1, 0.15) is 12.1 Å². The fourth-order valence-electron chi connectivity index (χ4n) is 4.18. The van der Waals surface area contributed by atoms with Crippen molar-refractivity contribution in [2.75, 3.05) is 6.61 Å². The van der Waals surface area contributed by atoms with Gasteiger partial charge in [-0.05, 0) is 49.3 Å². The molecule has 1 atom stereocenters. The van der Waals surface area contributed by atoms with Gasteiger partial charge in [-0.2, -0.15) is 0 Å². The van der Waals surface area contributed by atoms with Gasteiger partial charge in [0.2, 0.25) is 0 Å². The van der Waals surface area contributed by atoms with Crippen molar-refractivity contribution in [2.45, 2.75) is 111 Å². The van der Waals surface area contributed by atoms with Gasteiger partial charge < -0.3 is 4.74 Å². The van der Waals surface area contributed by atoms with Crippen LogP contribution in [0.3, 0.4) is 0 Å². The van der Waals surface area contributed by atoms with Crippen LogP contribution in [-0.4, -0.2) is 16.6 Å². The van der Waals surface area contributed by atoms with E-state index >= 15 is 0 Å². The molecule has 1 heterocycles. The standard InChI is InChI=1S/C29H46N2O/c1-4-6-7-8-9-10-11-12-13-19-26-23-30-24-31-29(26)27-20-14-15-21-28(27)32-22-17-16-18-25(3)5-2/h14-15,20-21,23-25H,4-13,16-19,22H2,1-3H3. The number of para-hydroxylation sites is 1. The molecule has 1 unspecified atom stereocenters. The van der Waals surface area contributed by atoms with Crippen LogP contribution >= 0.6 is 0 Å². The van der Waals surface area contributed by atoms with Crippen LogP contribution in [0.15, 0.2) is 36.8 Å².